The summed E-state index contributed by atoms with van der Waals surface area (Å²) in [7, 11) is 0. The predicted octanol–water partition coefficient (Wildman–Crippen LogP) is 5.20. The lowest BCUT2D eigenvalue weighted by Gasteiger charge is -2.46. The zero-order valence-electron chi connectivity index (χ0n) is 24.9. The fraction of sp³-hybridized carbons (Fsp3) is 0.543. The second-order valence-electron chi connectivity index (χ2n) is 13.8. The molecule has 0 radical (unpaired) electrons. The van der Waals surface area contributed by atoms with E-state index in [2.05, 4.69) is 33.0 Å². The molecule has 3 aliphatic heterocycles. The fourth-order valence-corrected chi connectivity index (χ4v) is 9.32. The van der Waals surface area contributed by atoms with Crippen LogP contribution in [0.4, 0.5) is 15.9 Å². The first-order valence-electron chi connectivity index (χ1n) is 16.2. The molecule has 1 spiro atoms. The summed E-state index contributed by atoms with van der Waals surface area (Å²) in [5, 5.41) is 10.2. The predicted molar refractivity (Wildman–Crippen MR) is 165 cm³/mol. The molecule has 0 saturated carbocycles. The van der Waals surface area contributed by atoms with Gasteiger partial charge in [0.05, 0.1) is 11.3 Å². The van der Waals surface area contributed by atoms with Gasteiger partial charge in [-0.05, 0) is 99.6 Å². The van der Waals surface area contributed by atoms with Crippen molar-refractivity contribution in [3.8, 4) is 6.07 Å². The third-order valence-electron chi connectivity index (χ3n) is 11.5. The van der Waals surface area contributed by atoms with E-state index in [1.165, 1.54) is 22.3 Å². The Kier molecular flexibility index (Phi) is 6.45. The van der Waals surface area contributed by atoms with E-state index in [-0.39, 0.29) is 11.0 Å². The molecule has 3 saturated heterocycles. The number of aryl methyl sites for hydroxylation is 2. The first-order valence-corrected chi connectivity index (χ1v) is 16.2. The van der Waals surface area contributed by atoms with E-state index in [4.69, 9.17) is 15.7 Å². The molecule has 7 nitrogen and oxygen atoms in total. The molecule has 5 aliphatic rings. The first kappa shape index (κ1) is 27.0. The summed E-state index contributed by atoms with van der Waals surface area (Å²) in [6.07, 6.45) is 13.5. The third-order valence-corrected chi connectivity index (χ3v) is 11.5. The largest absolute Gasteiger partial charge is 0.398 e. The highest BCUT2D eigenvalue weighted by Gasteiger charge is 2.49. The quantitative estimate of drug-likeness (QED) is 0.417. The van der Waals surface area contributed by atoms with Gasteiger partial charge in [-0.1, -0.05) is 12.1 Å². The molecule has 43 heavy (non-hydrogen) atoms. The van der Waals surface area contributed by atoms with E-state index in [0.29, 0.717) is 30.1 Å². The van der Waals surface area contributed by atoms with Crippen molar-refractivity contribution in [2.45, 2.75) is 93.7 Å². The van der Waals surface area contributed by atoms with E-state index < -0.39 is 6.17 Å². The minimum Gasteiger partial charge on any atom is -0.398 e. The molecule has 2 N–H and O–H groups in total. The van der Waals surface area contributed by atoms with Crippen molar-refractivity contribution in [2.75, 3.05) is 36.8 Å². The number of nitrogens with two attached hydrogens (primary N) is 1. The number of aromatic nitrogens is 3. The number of hydrogen-bond donors (Lipinski definition) is 1. The maximum atomic E-state index is 14.5. The second kappa shape index (κ2) is 10.3. The minimum absolute atomic E-state index is 0.0379. The number of nitrogens with zero attached hydrogens (tertiary/aromatic N) is 6. The highest BCUT2D eigenvalue weighted by molar-refractivity contribution is 5.64. The van der Waals surface area contributed by atoms with Crippen LogP contribution >= 0.6 is 0 Å². The molecule has 2 aliphatic carbocycles. The Morgan fingerprint density at radius 1 is 1.07 bits per heavy atom. The van der Waals surface area contributed by atoms with E-state index in [0.717, 1.165) is 101 Å². The van der Waals surface area contributed by atoms with Crippen LogP contribution in [0.5, 0.6) is 0 Å². The van der Waals surface area contributed by atoms with E-state index >= 15 is 0 Å². The Hall–Kier alpha value is -3.57. The maximum Gasteiger partial charge on any atom is 0.135 e. The average molecular weight is 578 g/mol. The molecule has 8 heteroatoms. The number of pyridine rings is 1. The molecule has 0 amide bonds. The van der Waals surface area contributed by atoms with Gasteiger partial charge >= 0.3 is 0 Å². The molecule has 2 aromatic heterocycles. The summed E-state index contributed by atoms with van der Waals surface area (Å²) in [6, 6.07) is 10.7. The van der Waals surface area contributed by atoms with Gasteiger partial charge < -0.3 is 10.6 Å². The standard InChI is InChI=1S/C35H40FN7/c36-26-16-35(11-3-15-43(35)22-26)13-9-31-40-30-17-34(10-1-4-23-6-7-29(38)28(18-37)32(23)34)12-8-27(30)33(41-31)42-20-25(21-42)24-5-2-14-39-19-24/h2,5-7,14,19,25-26H,1,3-4,8-13,15-17,20-22,38H2. The van der Waals surface area contributed by atoms with Gasteiger partial charge in [0.2, 0.25) is 0 Å². The number of alkyl halides is 1. The van der Waals surface area contributed by atoms with Crippen LogP contribution in [-0.2, 0) is 31.1 Å². The van der Waals surface area contributed by atoms with Crippen LogP contribution in [0.15, 0.2) is 36.7 Å². The summed E-state index contributed by atoms with van der Waals surface area (Å²) in [6.45, 7) is 3.44. The highest BCUT2D eigenvalue weighted by atomic mass is 19.1. The number of rotatable bonds is 5. The van der Waals surface area contributed by atoms with Gasteiger partial charge in [-0.25, -0.2) is 14.4 Å². The maximum absolute atomic E-state index is 14.5. The Morgan fingerprint density at radius 3 is 2.81 bits per heavy atom. The van der Waals surface area contributed by atoms with Crippen LogP contribution in [-0.4, -0.2) is 57.7 Å². The summed E-state index contributed by atoms with van der Waals surface area (Å²) in [5.41, 5.74) is 13.6. The number of hydrogen-bond acceptors (Lipinski definition) is 7. The molecule has 3 unspecified atom stereocenters. The molecule has 1 aromatic carbocycles. The lowest BCUT2D eigenvalue weighted by Crippen LogP contribution is -2.47. The second-order valence-corrected chi connectivity index (χ2v) is 13.8. The van der Waals surface area contributed by atoms with Gasteiger partial charge in [-0.3, -0.25) is 9.88 Å². The van der Waals surface area contributed by atoms with Crippen molar-refractivity contribution in [3.05, 3.63) is 76.0 Å². The smallest absolute Gasteiger partial charge is 0.135 e. The Balaban J connectivity index is 1.15. The number of benzene rings is 1. The van der Waals surface area contributed by atoms with Gasteiger partial charge in [-0.2, -0.15) is 5.26 Å². The topological polar surface area (TPSA) is 95.0 Å². The Morgan fingerprint density at radius 2 is 1.98 bits per heavy atom. The zero-order valence-corrected chi connectivity index (χ0v) is 24.9. The molecule has 3 atom stereocenters. The van der Waals surface area contributed by atoms with E-state index in [1.54, 1.807) is 0 Å². The molecule has 222 valence electrons. The number of anilines is 2. The molecule has 3 aromatic rings. The number of halogens is 1. The molecule has 8 rings (SSSR count). The van der Waals surface area contributed by atoms with Crippen LogP contribution in [0.2, 0.25) is 0 Å². The van der Waals surface area contributed by atoms with Crippen LogP contribution in [0.3, 0.4) is 0 Å². The van der Waals surface area contributed by atoms with Crippen molar-refractivity contribution in [1.29, 1.82) is 5.26 Å². The molecular formula is C35H40FN7. The van der Waals surface area contributed by atoms with E-state index in [1.807, 2.05) is 24.5 Å². The van der Waals surface area contributed by atoms with Gasteiger partial charge in [0, 0.05) is 66.6 Å². The number of fused-ring (bicyclic) bond motifs is 4. The molecular weight excluding hydrogens is 537 g/mol. The summed E-state index contributed by atoms with van der Waals surface area (Å²) < 4.78 is 14.5. The van der Waals surface area contributed by atoms with Crippen molar-refractivity contribution in [1.82, 2.24) is 19.9 Å². The van der Waals surface area contributed by atoms with Gasteiger partial charge in [-0.15, -0.1) is 0 Å². The molecule has 0 bridgehead atoms. The summed E-state index contributed by atoms with van der Waals surface area (Å²) in [4.78, 5) is 19.7. The van der Waals surface area contributed by atoms with Crippen molar-refractivity contribution in [3.63, 3.8) is 0 Å². The van der Waals surface area contributed by atoms with Crippen molar-refractivity contribution >= 4 is 11.5 Å². The van der Waals surface area contributed by atoms with Gasteiger partial charge in [0.1, 0.15) is 23.9 Å². The summed E-state index contributed by atoms with van der Waals surface area (Å²) >= 11 is 0. The van der Waals surface area contributed by atoms with Gasteiger partial charge in [0.15, 0.2) is 0 Å². The third kappa shape index (κ3) is 4.42. The Bertz CT molecular complexity index is 1600. The lowest BCUT2D eigenvalue weighted by atomic mass is 9.61. The van der Waals surface area contributed by atoms with Crippen molar-refractivity contribution < 1.29 is 4.39 Å². The van der Waals surface area contributed by atoms with Crippen LogP contribution in [0.25, 0.3) is 0 Å². The SMILES string of the molecule is N#Cc1c(N)ccc2c1C1(CCC2)CCc2c(nc(CCC34CCCN3CC(F)C4)nc2N2CC(c3cccnc3)C2)C1. The van der Waals surface area contributed by atoms with Gasteiger partial charge in [0.25, 0.3) is 0 Å². The lowest BCUT2D eigenvalue weighted by molar-refractivity contribution is 0.181. The fourth-order valence-electron chi connectivity index (χ4n) is 9.32. The first-order chi connectivity index (χ1) is 21.0. The Labute approximate surface area is 253 Å². The molecule has 5 heterocycles. The van der Waals surface area contributed by atoms with E-state index in [9.17, 15) is 9.65 Å². The summed E-state index contributed by atoms with van der Waals surface area (Å²) in [5.74, 6) is 2.44. The number of nitrogen functional groups attached to an aromatic ring is 1. The monoisotopic (exact) mass is 577 g/mol. The van der Waals surface area contributed by atoms with Crippen LogP contribution in [0, 0.1) is 11.3 Å². The minimum atomic E-state index is -0.723. The van der Waals surface area contributed by atoms with Crippen molar-refractivity contribution in [2.24, 2.45) is 0 Å². The van der Waals surface area contributed by atoms with Crippen LogP contribution in [0.1, 0.15) is 90.2 Å². The average Bonchev–Trinajstić information content (AvgIpc) is 3.52. The zero-order chi connectivity index (χ0) is 29.2. The number of nitriles is 1. The van der Waals surface area contributed by atoms with Crippen LogP contribution < -0.4 is 10.6 Å². The normalized spacial score (nSPS) is 28.3. The molecule has 3 fully saturated rings. The highest BCUT2D eigenvalue weighted by Crippen LogP contribution is 2.50.